The molecule has 65 heavy (non-hydrogen) atoms. The lowest BCUT2D eigenvalue weighted by Crippen LogP contribution is -2.60. The third-order valence-corrected chi connectivity index (χ3v) is 13.0. The van der Waals surface area contributed by atoms with Crippen LogP contribution in [0.15, 0.2) is 52.7 Å². The van der Waals surface area contributed by atoms with E-state index in [1.807, 2.05) is 11.8 Å². The molecular weight excluding hydrogens is 862 g/mol. The summed E-state index contributed by atoms with van der Waals surface area (Å²) in [6.45, 7) is 14.5. The van der Waals surface area contributed by atoms with E-state index in [1.54, 1.807) is 55.6 Å². The maximum Gasteiger partial charge on any atom is 0.416 e. The Morgan fingerprint density at radius 2 is 1.58 bits per heavy atom. The molecule has 13 nitrogen and oxygen atoms in total. The van der Waals surface area contributed by atoms with Crippen LogP contribution in [-0.2, 0) is 45.9 Å². The summed E-state index contributed by atoms with van der Waals surface area (Å²) in [5.41, 5.74) is -3.64. The molecule has 2 saturated heterocycles. The van der Waals surface area contributed by atoms with Crippen molar-refractivity contribution < 1.29 is 70.5 Å². The summed E-state index contributed by atoms with van der Waals surface area (Å²) in [7, 11) is 5.03. The highest BCUT2D eigenvalue weighted by Crippen LogP contribution is 2.40. The second kappa shape index (κ2) is 21.8. The topological polar surface area (TPSA) is 169 Å². The van der Waals surface area contributed by atoms with Gasteiger partial charge in [-0.05, 0) is 109 Å². The second-order valence-electron chi connectivity index (χ2n) is 18.4. The lowest BCUT2D eigenvalue weighted by molar-refractivity contribution is -0.301. The van der Waals surface area contributed by atoms with Crippen molar-refractivity contribution in [2.24, 2.45) is 33.9 Å². The van der Waals surface area contributed by atoms with Crippen LogP contribution in [0.25, 0.3) is 0 Å². The van der Waals surface area contributed by atoms with Crippen molar-refractivity contribution in [1.82, 2.24) is 4.90 Å². The van der Waals surface area contributed by atoms with Crippen molar-refractivity contribution in [3.8, 4) is 0 Å². The lowest BCUT2D eigenvalue weighted by atomic mass is 9.73. The fourth-order valence-corrected chi connectivity index (χ4v) is 9.15. The van der Waals surface area contributed by atoms with E-state index in [4.69, 9.17) is 23.7 Å². The number of aliphatic hydroxyl groups excluding tert-OH is 2. The number of cyclic esters (lactones) is 1. The molecule has 14 atom stereocenters. The van der Waals surface area contributed by atoms with E-state index >= 15 is 0 Å². The molecule has 2 fully saturated rings. The number of esters is 2. The minimum Gasteiger partial charge on any atom is -0.461 e. The standard InChI is InChI=1S/C47H66F5N3O10/c1-13-36-46(9,60)41(58)26(4)38(54-53-29(7)31-14-16-32(17-15-31)47(50,51)52)24(2)23-45(8,61-12)42(65-44-39(57)35(55(10)11)18-25(3)62-44)27(5)40(28(6)43(59)63-36)64-37(56)21-30-19-33(48)22-34(49)20-30/h14-17,19-20,22,24-28,35-36,39-42,44,57-58,60H,13,18,21,23H2,1-12H3/b53-29+,54-38+/t24-,25?,26+,27+,28-,35?,36-,39?,40+,41-,42-,44?,45-,46-/m1/s1. The molecule has 0 amide bonds. The van der Waals surface area contributed by atoms with Crippen molar-refractivity contribution in [1.29, 1.82) is 0 Å². The summed E-state index contributed by atoms with van der Waals surface area (Å²) in [4.78, 5) is 29.9. The lowest BCUT2D eigenvalue weighted by Gasteiger charge is -2.48. The van der Waals surface area contributed by atoms with Gasteiger partial charge in [-0.2, -0.15) is 23.4 Å². The zero-order chi connectivity index (χ0) is 48.9. The fourth-order valence-electron chi connectivity index (χ4n) is 9.15. The number of ether oxygens (including phenoxy) is 5. The van der Waals surface area contributed by atoms with Crippen LogP contribution in [0.1, 0.15) is 98.3 Å². The minimum absolute atomic E-state index is 0.0140. The minimum atomic E-state index is -4.55. The normalized spacial score (nSPS) is 35.4. The van der Waals surface area contributed by atoms with Crippen molar-refractivity contribution >= 4 is 23.4 Å². The van der Waals surface area contributed by atoms with E-state index < -0.39 is 126 Å². The van der Waals surface area contributed by atoms with Crippen molar-refractivity contribution in [3.05, 3.63) is 70.8 Å². The zero-order valence-corrected chi connectivity index (χ0v) is 39.2. The molecule has 2 aliphatic rings. The Bertz CT molecular complexity index is 1980. The number of carbonyl (C=O) groups is 2. The quantitative estimate of drug-likeness (QED) is 0.0982. The number of benzene rings is 2. The van der Waals surface area contributed by atoms with Crippen molar-refractivity contribution in [2.75, 3.05) is 21.2 Å². The van der Waals surface area contributed by atoms with Gasteiger partial charge in [-0.1, -0.05) is 39.8 Å². The smallest absolute Gasteiger partial charge is 0.416 e. The monoisotopic (exact) mass is 927 g/mol. The first-order chi connectivity index (χ1) is 30.1. The van der Waals surface area contributed by atoms with Crippen LogP contribution >= 0.6 is 0 Å². The molecule has 2 aliphatic heterocycles. The van der Waals surface area contributed by atoms with Gasteiger partial charge in [-0.15, -0.1) is 0 Å². The Labute approximate surface area is 378 Å². The summed E-state index contributed by atoms with van der Waals surface area (Å²) >= 11 is 0. The molecule has 4 unspecified atom stereocenters. The number of carbonyl (C=O) groups excluding carboxylic acids is 2. The highest BCUT2D eigenvalue weighted by molar-refractivity contribution is 5.99. The maximum absolute atomic E-state index is 14.3. The van der Waals surface area contributed by atoms with Crippen LogP contribution in [0.5, 0.6) is 0 Å². The van der Waals surface area contributed by atoms with Crippen LogP contribution in [0, 0.1) is 35.3 Å². The van der Waals surface area contributed by atoms with Gasteiger partial charge in [-0.3, -0.25) is 9.59 Å². The van der Waals surface area contributed by atoms with Gasteiger partial charge in [0.05, 0.1) is 47.5 Å². The van der Waals surface area contributed by atoms with Crippen LogP contribution < -0.4 is 0 Å². The molecule has 0 saturated carbocycles. The van der Waals surface area contributed by atoms with Gasteiger partial charge in [0.15, 0.2) is 6.29 Å². The summed E-state index contributed by atoms with van der Waals surface area (Å²) in [6, 6.07) is 6.57. The predicted octanol–water partition coefficient (Wildman–Crippen LogP) is 6.90. The molecule has 0 radical (unpaired) electrons. The molecule has 0 aromatic heterocycles. The number of methoxy groups -OCH3 is 1. The van der Waals surface area contributed by atoms with Gasteiger partial charge >= 0.3 is 18.1 Å². The predicted molar refractivity (Wildman–Crippen MR) is 232 cm³/mol. The molecule has 0 aliphatic carbocycles. The first-order valence-corrected chi connectivity index (χ1v) is 21.9. The van der Waals surface area contributed by atoms with E-state index in [0.29, 0.717) is 18.1 Å². The molecule has 364 valence electrons. The molecule has 3 N–H and O–H groups in total. The molecule has 2 aromatic carbocycles. The van der Waals surface area contributed by atoms with Crippen LogP contribution in [0.2, 0.25) is 0 Å². The van der Waals surface area contributed by atoms with Gasteiger partial charge in [0.25, 0.3) is 0 Å². The Morgan fingerprint density at radius 3 is 2.12 bits per heavy atom. The number of hydrogen-bond acceptors (Lipinski definition) is 13. The molecule has 0 spiro atoms. The number of halogens is 5. The third kappa shape index (κ3) is 13.0. The first-order valence-electron chi connectivity index (χ1n) is 21.9. The van der Waals surface area contributed by atoms with E-state index in [1.165, 1.54) is 33.1 Å². The first kappa shape index (κ1) is 53.7. The summed E-state index contributed by atoms with van der Waals surface area (Å²) in [5, 5.41) is 44.8. The van der Waals surface area contributed by atoms with Gasteiger partial charge in [-0.25, -0.2) is 8.78 Å². The molecule has 18 heteroatoms. The molecule has 4 rings (SSSR count). The van der Waals surface area contributed by atoms with Crippen LogP contribution in [0.4, 0.5) is 22.0 Å². The number of nitrogens with zero attached hydrogens (tertiary/aromatic N) is 3. The average Bonchev–Trinajstić information content (AvgIpc) is 3.22. The number of likely N-dealkylation sites (N-methyl/N-ethyl adjacent to an activating group) is 1. The average molecular weight is 928 g/mol. The van der Waals surface area contributed by atoms with Gasteiger partial charge in [0.1, 0.15) is 35.5 Å². The van der Waals surface area contributed by atoms with Crippen LogP contribution in [0.3, 0.4) is 0 Å². The van der Waals surface area contributed by atoms with E-state index in [2.05, 4.69) is 10.2 Å². The largest absolute Gasteiger partial charge is 0.461 e. The highest BCUT2D eigenvalue weighted by Gasteiger charge is 2.52. The second-order valence-corrected chi connectivity index (χ2v) is 18.4. The molecule has 0 bridgehead atoms. The Kier molecular flexibility index (Phi) is 18.0. The summed E-state index contributed by atoms with van der Waals surface area (Å²) in [6.07, 6.45) is -13.1. The van der Waals surface area contributed by atoms with Crippen molar-refractivity contribution in [3.63, 3.8) is 0 Å². The number of alkyl halides is 3. The summed E-state index contributed by atoms with van der Waals surface area (Å²) in [5.74, 6) is -7.71. The van der Waals surface area contributed by atoms with Crippen molar-refractivity contribution in [2.45, 2.75) is 154 Å². The number of rotatable bonds is 10. The SMILES string of the molecule is CC[C@H]1OC(=O)[C@H](C)[C@@H](OC(=O)Cc2cc(F)cc(F)c2)[C@H](C)[C@@H](OC2OC(C)CC(N(C)C)C2O)[C@](C)(OC)C[C@@H](C)/C(=N\N=C(/C)c2ccc(C(F)(F)F)cc2)[C@H](C)[C@@H](O)[C@]1(C)O. The van der Waals surface area contributed by atoms with Gasteiger partial charge in [0, 0.05) is 36.8 Å². The molecule has 2 aromatic rings. The maximum atomic E-state index is 14.3. The molecular formula is C47H66F5N3O10. The van der Waals surface area contributed by atoms with E-state index in [9.17, 15) is 46.9 Å². The fraction of sp³-hybridized carbons (Fsp3) is 0.660. The van der Waals surface area contributed by atoms with Gasteiger partial charge in [0.2, 0.25) is 0 Å². The van der Waals surface area contributed by atoms with Crippen LogP contribution in [-0.4, -0.2) is 125 Å². The summed E-state index contributed by atoms with van der Waals surface area (Å²) < 4.78 is 99.9. The third-order valence-electron chi connectivity index (χ3n) is 13.0. The number of aliphatic hydroxyl groups is 3. The Balaban J connectivity index is 1.93. The Morgan fingerprint density at radius 1 is 0.985 bits per heavy atom. The number of hydrogen-bond donors (Lipinski definition) is 3. The molecule has 2 heterocycles. The van der Waals surface area contributed by atoms with Gasteiger partial charge < -0.3 is 43.9 Å². The zero-order valence-electron chi connectivity index (χ0n) is 39.2. The Hall–Kier alpha value is -3.91. The highest BCUT2D eigenvalue weighted by atomic mass is 19.4. The van der Waals surface area contributed by atoms with E-state index in [-0.39, 0.29) is 29.8 Å². The van der Waals surface area contributed by atoms with E-state index in [0.717, 1.165) is 24.3 Å².